The Balaban J connectivity index is 1.75. The number of hydrogen-bond donors (Lipinski definition) is 2. The number of benzene rings is 2. The molecule has 0 bridgehead atoms. The maximum absolute atomic E-state index is 12.7. The first kappa shape index (κ1) is 22.7. The van der Waals surface area contributed by atoms with Crippen molar-refractivity contribution in [1.29, 1.82) is 0 Å². The second-order valence-corrected chi connectivity index (χ2v) is 7.23. The fourth-order valence-corrected chi connectivity index (χ4v) is 3.21. The van der Waals surface area contributed by atoms with Crippen LogP contribution >= 0.6 is 11.6 Å². The molecule has 0 radical (unpaired) electrons. The highest BCUT2D eigenvalue weighted by Crippen LogP contribution is 2.37. The van der Waals surface area contributed by atoms with Crippen molar-refractivity contribution >= 4 is 41.2 Å². The lowest BCUT2D eigenvalue weighted by Gasteiger charge is -2.12. The number of nitrogens with zero attached hydrogens (tertiary/aromatic N) is 1. The Bertz CT molecular complexity index is 1140. The quantitative estimate of drug-likeness (QED) is 0.381. The van der Waals surface area contributed by atoms with E-state index in [1.54, 1.807) is 18.2 Å². The minimum absolute atomic E-state index is 0.00463. The summed E-state index contributed by atoms with van der Waals surface area (Å²) in [6.07, 6.45) is 6.63. The molecule has 0 aromatic heterocycles. The summed E-state index contributed by atoms with van der Waals surface area (Å²) in [7, 11) is 1.43. The first-order valence-corrected chi connectivity index (χ1v) is 9.85. The highest BCUT2D eigenvalue weighted by molar-refractivity contribution is 6.32. The van der Waals surface area contributed by atoms with Gasteiger partial charge in [-0.15, -0.1) is 6.42 Å². The molecular weight excluding hydrogens is 434 g/mol. The highest BCUT2D eigenvalue weighted by Gasteiger charge is 2.35. The second kappa shape index (κ2) is 9.90. The van der Waals surface area contributed by atoms with Crippen molar-refractivity contribution in [3.8, 4) is 23.8 Å². The molecule has 1 fully saturated rings. The summed E-state index contributed by atoms with van der Waals surface area (Å²) in [5.74, 6) is 1.77. The van der Waals surface area contributed by atoms with Gasteiger partial charge in [0.1, 0.15) is 18.8 Å². The van der Waals surface area contributed by atoms with E-state index < -0.39 is 24.4 Å². The van der Waals surface area contributed by atoms with Crippen molar-refractivity contribution in [2.75, 3.05) is 25.6 Å². The number of ether oxygens (including phenoxy) is 2. The minimum Gasteiger partial charge on any atom is -0.493 e. The number of methoxy groups -OCH3 is 1. The highest BCUT2D eigenvalue weighted by atomic mass is 35.5. The number of rotatable bonds is 7. The van der Waals surface area contributed by atoms with E-state index >= 15 is 0 Å². The third-order valence-electron chi connectivity index (χ3n) is 4.46. The number of terminal acetylenes is 1. The molecule has 2 aromatic carbocycles. The van der Waals surface area contributed by atoms with E-state index in [4.69, 9.17) is 27.5 Å². The van der Waals surface area contributed by atoms with Gasteiger partial charge in [-0.1, -0.05) is 35.2 Å². The number of halogens is 1. The van der Waals surface area contributed by atoms with Crippen LogP contribution in [-0.2, 0) is 9.59 Å². The van der Waals surface area contributed by atoms with Gasteiger partial charge >= 0.3 is 6.03 Å². The predicted molar refractivity (Wildman–Crippen MR) is 120 cm³/mol. The fourth-order valence-electron chi connectivity index (χ4n) is 2.94. The number of carbonyl (C=O) groups excluding carboxylic acids is 3. The van der Waals surface area contributed by atoms with Crippen LogP contribution in [0.1, 0.15) is 11.1 Å². The largest absolute Gasteiger partial charge is 0.493 e. The van der Waals surface area contributed by atoms with Crippen LogP contribution in [0.25, 0.3) is 6.08 Å². The number of aryl methyl sites for hydroxylation is 1. The van der Waals surface area contributed by atoms with Crippen molar-refractivity contribution in [2.45, 2.75) is 6.92 Å². The van der Waals surface area contributed by atoms with Crippen molar-refractivity contribution in [2.24, 2.45) is 0 Å². The number of imide groups is 1. The number of carbonyl (C=O) groups is 3. The van der Waals surface area contributed by atoms with E-state index in [9.17, 15) is 14.4 Å². The monoisotopic (exact) mass is 453 g/mol. The van der Waals surface area contributed by atoms with Crippen LogP contribution in [0.4, 0.5) is 10.5 Å². The SMILES string of the molecule is C#CCOc1c(Cl)cc(/C=C2/NC(=O)N(CC(=O)Nc3ccc(C)cc3)C2=O)cc1OC. The summed E-state index contributed by atoms with van der Waals surface area (Å²) in [6, 6.07) is 9.56. The third-order valence-corrected chi connectivity index (χ3v) is 4.74. The molecule has 0 saturated carbocycles. The topological polar surface area (TPSA) is 97.0 Å². The summed E-state index contributed by atoms with van der Waals surface area (Å²) in [6.45, 7) is 1.50. The fraction of sp³-hybridized carbons (Fsp3) is 0.174. The Morgan fingerprint density at radius 1 is 1.28 bits per heavy atom. The zero-order valence-corrected chi connectivity index (χ0v) is 18.2. The number of nitrogens with one attached hydrogen (secondary N) is 2. The summed E-state index contributed by atoms with van der Waals surface area (Å²) in [5, 5.41) is 5.33. The Hall–Kier alpha value is -3.96. The van der Waals surface area contributed by atoms with Crippen molar-refractivity contribution in [1.82, 2.24) is 10.2 Å². The molecule has 1 aliphatic rings. The molecule has 1 saturated heterocycles. The van der Waals surface area contributed by atoms with Crippen LogP contribution < -0.4 is 20.1 Å². The van der Waals surface area contributed by atoms with Gasteiger partial charge in [-0.25, -0.2) is 9.69 Å². The maximum Gasteiger partial charge on any atom is 0.329 e. The molecule has 1 heterocycles. The maximum atomic E-state index is 12.7. The van der Waals surface area contributed by atoms with Gasteiger partial charge in [-0.05, 0) is 42.8 Å². The van der Waals surface area contributed by atoms with E-state index in [1.165, 1.54) is 19.3 Å². The normalized spacial score (nSPS) is 14.2. The Kier molecular flexibility index (Phi) is 7.03. The van der Waals surface area contributed by atoms with Crippen molar-refractivity contribution in [3.05, 3.63) is 58.2 Å². The molecule has 0 spiro atoms. The van der Waals surface area contributed by atoms with Gasteiger partial charge in [-0.3, -0.25) is 9.59 Å². The average molecular weight is 454 g/mol. The number of urea groups is 1. The van der Waals surface area contributed by atoms with E-state index in [2.05, 4.69) is 16.6 Å². The van der Waals surface area contributed by atoms with Crippen LogP contribution in [0, 0.1) is 19.3 Å². The van der Waals surface area contributed by atoms with E-state index in [1.807, 2.05) is 19.1 Å². The van der Waals surface area contributed by atoms with Crippen molar-refractivity contribution in [3.63, 3.8) is 0 Å². The third kappa shape index (κ3) is 5.20. The lowest BCUT2D eigenvalue weighted by molar-refractivity contribution is -0.127. The van der Waals surface area contributed by atoms with Crippen LogP contribution in [0.5, 0.6) is 11.5 Å². The standard InChI is InChI=1S/C23H20ClN3O5/c1-4-9-32-21-17(24)10-15(12-19(21)31-3)11-18-22(29)27(23(30)26-18)13-20(28)25-16-7-5-14(2)6-8-16/h1,5-8,10-12H,9,13H2,2-3H3,(H,25,28)(H,26,30)/b18-11+. The summed E-state index contributed by atoms with van der Waals surface area (Å²) >= 11 is 6.25. The smallest absolute Gasteiger partial charge is 0.329 e. The Morgan fingerprint density at radius 3 is 2.66 bits per heavy atom. The van der Waals surface area contributed by atoms with Gasteiger partial charge in [0.15, 0.2) is 11.5 Å². The molecular formula is C23H20ClN3O5. The molecule has 0 unspecified atom stereocenters. The number of hydrogen-bond acceptors (Lipinski definition) is 5. The van der Waals surface area contributed by atoms with E-state index in [-0.39, 0.29) is 23.1 Å². The molecule has 8 nitrogen and oxygen atoms in total. The van der Waals surface area contributed by atoms with Gasteiger partial charge in [0.25, 0.3) is 5.91 Å². The van der Waals surface area contributed by atoms with Gasteiger partial charge in [-0.2, -0.15) is 0 Å². The molecule has 2 aromatic rings. The van der Waals surface area contributed by atoms with E-state index in [0.29, 0.717) is 17.0 Å². The summed E-state index contributed by atoms with van der Waals surface area (Å²) in [4.78, 5) is 38.1. The average Bonchev–Trinajstić information content (AvgIpc) is 3.01. The molecule has 32 heavy (non-hydrogen) atoms. The van der Waals surface area contributed by atoms with Crippen LogP contribution in [0.15, 0.2) is 42.1 Å². The predicted octanol–water partition coefficient (Wildman–Crippen LogP) is 3.20. The molecule has 0 atom stereocenters. The van der Waals surface area contributed by atoms with Gasteiger partial charge in [0.05, 0.1) is 12.1 Å². The number of anilines is 1. The van der Waals surface area contributed by atoms with Crippen molar-refractivity contribution < 1.29 is 23.9 Å². The molecule has 0 aliphatic carbocycles. The first-order valence-electron chi connectivity index (χ1n) is 9.47. The van der Waals surface area contributed by atoms with Crippen LogP contribution in [-0.4, -0.2) is 43.0 Å². The van der Waals surface area contributed by atoms with Gasteiger partial charge < -0.3 is 20.1 Å². The second-order valence-electron chi connectivity index (χ2n) is 6.82. The first-order chi connectivity index (χ1) is 15.3. The molecule has 3 rings (SSSR count). The minimum atomic E-state index is -0.702. The summed E-state index contributed by atoms with van der Waals surface area (Å²) in [5.41, 5.74) is 2.08. The Labute approximate surface area is 190 Å². The number of amides is 4. The van der Waals surface area contributed by atoms with Crippen LogP contribution in [0.3, 0.4) is 0 Å². The van der Waals surface area contributed by atoms with Gasteiger partial charge in [0, 0.05) is 5.69 Å². The lowest BCUT2D eigenvalue weighted by Crippen LogP contribution is -2.38. The zero-order chi connectivity index (χ0) is 23.3. The van der Waals surface area contributed by atoms with E-state index in [0.717, 1.165) is 10.5 Å². The molecule has 164 valence electrons. The Morgan fingerprint density at radius 2 is 2.00 bits per heavy atom. The lowest BCUT2D eigenvalue weighted by atomic mass is 10.1. The molecule has 2 N–H and O–H groups in total. The van der Waals surface area contributed by atoms with Gasteiger partial charge in [0.2, 0.25) is 5.91 Å². The molecule has 1 aliphatic heterocycles. The molecule has 4 amide bonds. The summed E-state index contributed by atoms with van der Waals surface area (Å²) < 4.78 is 10.7. The van der Waals surface area contributed by atoms with Crippen LogP contribution in [0.2, 0.25) is 5.02 Å². The molecule has 9 heteroatoms. The zero-order valence-electron chi connectivity index (χ0n) is 17.4.